The van der Waals surface area contributed by atoms with Gasteiger partial charge in [-0.1, -0.05) is 13.8 Å². The van der Waals surface area contributed by atoms with Crippen LogP contribution in [0, 0.1) is 18.2 Å². The number of hydrogen-bond acceptors (Lipinski definition) is 6. The van der Waals surface area contributed by atoms with E-state index in [1.54, 1.807) is 30.3 Å². The second-order valence-electron chi connectivity index (χ2n) is 12.4. The number of ether oxygens (including phenoxy) is 1. The van der Waals surface area contributed by atoms with E-state index in [0.717, 1.165) is 24.2 Å². The Kier molecular flexibility index (Phi) is 6.98. The van der Waals surface area contributed by atoms with E-state index in [0.29, 0.717) is 41.3 Å². The van der Waals surface area contributed by atoms with E-state index in [-0.39, 0.29) is 35.6 Å². The number of nitrogens with zero attached hydrogens (tertiary/aromatic N) is 4. The summed E-state index contributed by atoms with van der Waals surface area (Å²) in [7, 11) is 1.60. The number of nitrogens with one attached hydrogen (secondary N) is 2. The van der Waals surface area contributed by atoms with Crippen LogP contribution >= 0.6 is 0 Å². The van der Waals surface area contributed by atoms with Gasteiger partial charge in [0, 0.05) is 67.5 Å². The number of carbonyl (C=O) groups excluding carboxylic acids is 2. The Morgan fingerprint density at radius 1 is 1.14 bits per heavy atom. The molecule has 0 saturated heterocycles. The standard InChI is InChI=1S/C32H35FN6O4/c1-18-8-29(36-35-18)34-26-10-21(16-37(5)31(26)42)24-11-22(33)12-27(25(24)17-43-19(2)40)39-7-6-38-23(13-30(39)41)9-20-14-32(3,4)15-28(20)38/h8-12,16H,6-7,13-15,17H2,1-5H3,(H2,34,35,36). The van der Waals surface area contributed by atoms with Gasteiger partial charge in [-0.05, 0) is 60.6 Å². The van der Waals surface area contributed by atoms with Gasteiger partial charge in [0.25, 0.3) is 5.56 Å². The van der Waals surface area contributed by atoms with Gasteiger partial charge >= 0.3 is 5.97 Å². The van der Waals surface area contributed by atoms with Crippen LogP contribution in [0.2, 0.25) is 0 Å². The van der Waals surface area contributed by atoms with Crippen molar-refractivity contribution in [2.75, 3.05) is 16.8 Å². The number of aromatic nitrogens is 4. The maximum atomic E-state index is 15.4. The number of aryl methyl sites for hydroxylation is 2. The molecular weight excluding hydrogens is 551 g/mol. The largest absolute Gasteiger partial charge is 0.461 e. The number of carbonyl (C=O) groups is 2. The SMILES string of the molecule is CC(=O)OCc1c(-c2cc(Nc3cc(C)[nH]n3)c(=O)n(C)c2)cc(F)cc1N1CCn2c(cc3c2CC(C)(C)C3)CC1=O. The monoisotopic (exact) mass is 586 g/mol. The first-order chi connectivity index (χ1) is 20.4. The summed E-state index contributed by atoms with van der Waals surface area (Å²) >= 11 is 0. The fraction of sp³-hybridized carbons (Fsp3) is 0.375. The molecule has 0 saturated carbocycles. The molecule has 6 rings (SSSR count). The molecule has 1 aliphatic heterocycles. The minimum atomic E-state index is -0.554. The molecule has 4 aromatic rings. The van der Waals surface area contributed by atoms with Crippen molar-refractivity contribution >= 4 is 29.1 Å². The highest BCUT2D eigenvalue weighted by atomic mass is 19.1. The van der Waals surface area contributed by atoms with Crippen LogP contribution in [0.1, 0.15) is 49.0 Å². The molecule has 11 heteroatoms. The average molecular weight is 587 g/mol. The van der Waals surface area contributed by atoms with Crippen LogP contribution in [0.25, 0.3) is 11.1 Å². The van der Waals surface area contributed by atoms with Crippen molar-refractivity contribution in [2.24, 2.45) is 12.5 Å². The van der Waals surface area contributed by atoms with E-state index < -0.39 is 11.8 Å². The lowest BCUT2D eigenvalue weighted by Crippen LogP contribution is -2.33. The number of benzene rings is 1. The highest BCUT2D eigenvalue weighted by Crippen LogP contribution is 2.40. The number of anilines is 3. The number of rotatable bonds is 6. The van der Waals surface area contributed by atoms with Crippen LogP contribution in [-0.4, -0.2) is 37.8 Å². The molecule has 1 aliphatic carbocycles. The molecule has 0 atom stereocenters. The van der Waals surface area contributed by atoms with Crippen LogP contribution in [0.3, 0.4) is 0 Å². The fourth-order valence-corrected chi connectivity index (χ4v) is 6.37. The first-order valence-corrected chi connectivity index (χ1v) is 14.3. The first-order valence-electron chi connectivity index (χ1n) is 14.3. The van der Waals surface area contributed by atoms with E-state index in [9.17, 15) is 14.4 Å². The summed E-state index contributed by atoms with van der Waals surface area (Å²) in [4.78, 5) is 40.3. The lowest BCUT2D eigenvalue weighted by molar-refractivity contribution is -0.142. The van der Waals surface area contributed by atoms with Gasteiger partial charge in [-0.3, -0.25) is 19.5 Å². The third-order valence-electron chi connectivity index (χ3n) is 8.24. The molecule has 0 unspecified atom stereocenters. The second-order valence-corrected chi connectivity index (χ2v) is 12.4. The number of amides is 1. The molecule has 2 N–H and O–H groups in total. The van der Waals surface area contributed by atoms with Crippen molar-refractivity contribution in [3.63, 3.8) is 0 Å². The average Bonchev–Trinajstić information content (AvgIpc) is 3.52. The van der Waals surface area contributed by atoms with Gasteiger partial charge in [0.1, 0.15) is 18.1 Å². The molecule has 1 amide bonds. The van der Waals surface area contributed by atoms with Gasteiger partial charge in [-0.25, -0.2) is 4.39 Å². The summed E-state index contributed by atoms with van der Waals surface area (Å²) in [6.45, 7) is 8.38. The summed E-state index contributed by atoms with van der Waals surface area (Å²) in [6, 6.07) is 8.18. The zero-order chi connectivity index (χ0) is 30.6. The van der Waals surface area contributed by atoms with Crippen LogP contribution in [0.4, 0.5) is 21.6 Å². The Labute approximate surface area is 248 Å². The minimum Gasteiger partial charge on any atom is -0.461 e. The molecule has 0 fully saturated rings. The molecule has 0 radical (unpaired) electrons. The van der Waals surface area contributed by atoms with Crippen molar-refractivity contribution in [1.82, 2.24) is 19.3 Å². The van der Waals surface area contributed by atoms with Gasteiger partial charge in [0.2, 0.25) is 5.91 Å². The number of hydrogen-bond donors (Lipinski definition) is 2. The molecule has 4 heterocycles. The van der Waals surface area contributed by atoms with E-state index in [2.05, 4.69) is 40.0 Å². The fourth-order valence-electron chi connectivity index (χ4n) is 6.37. The van der Waals surface area contributed by atoms with Crippen molar-refractivity contribution in [3.8, 4) is 11.1 Å². The lowest BCUT2D eigenvalue weighted by atomic mass is 9.90. The summed E-state index contributed by atoms with van der Waals surface area (Å²) < 4.78 is 24.5. The molecule has 10 nitrogen and oxygen atoms in total. The maximum Gasteiger partial charge on any atom is 0.302 e. The van der Waals surface area contributed by atoms with Gasteiger partial charge < -0.3 is 24.1 Å². The van der Waals surface area contributed by atoms with E-state index in [4.69, 9.17) is 4.74 Å². The Hall–Kier alpha value is -4.67. The molecule has 1 aromatic carbocycles. The van der Waals surface area contributed by atoms with Crippen LogP contribution in [0.5, 0.6) is 0 Å². The molecular formula is C32H35FN6O4. The van der Waals surface area contributed by atoms with E-state index >= 15 is 4.39 Å². The molecule has 0 bridgehead atoms. The van der Waals surface area contributed by atoms with Crippen molar-refractivity contribution in [3.05, 3.63) is 80.9 Å². The normalized spacial score (nSPS) is 15.7. The minimum absolute atomic E-state index is 0.161. The van der Waals surface area contributed by atoms with Crippen LogP contribution in [-0.2, 0) is 53.8 Å². The third-order valence-corrected chi connectivity index (χ3v) is 8.24. The topological polar surface area (TPSA) is 114 Å². The summed E-state index contributed by atoms with van der Waals surface area (Å²) in [5.74, 6) is -0.760. The zero-order valence-electron chi connectivity index (χ0n) is 25.0. The second kappa shape index (κ2) is 10.6. The smallest absolute Gasteiger partial charge is 0.302 e. The first kappa shape index (κ1) is 28.4. The number of fused-ring (bicyclic) bond motifs is 3. The Morgan fingerprint density at radius 2 is 1.93 bits per heavy atom. The molecule has 43 heavy (non-hydrogen) atoms. The molecule has 3 aromatic heterocycles. The molecule has 0 spiro atoms. The third kappa shape index (κ3) is 5.47. The highest BCUT2D eigenvalue weighted by Gasteiger charge is 2.35. The summed E-state index contributed by atoms with van der Waals surface area (Å²) in [5.41, 5.74) is 6.20. The van der Waals surface area contributed by atoms with Gasteiger partial charge in [-0.15, -0.1) is 0 Å². The van der Waals surface area contributed by atoms with Gasteiger partial charge in [0.15, 0.2) is 5.82 Å². The highest BCUT2D eigenvalue weighted by molar-refractivity contribution is 5.97. The van der Waals surface area contributed by atoms with Gasteiger partial charge in [0.05, 0.1) is 12.1 Å². The number of H-pyrrole nitrogens is 1. The molecule has 2 aliphatic rings. The number of aromatic amines is 1. The molecule has 224 valence electrons. The predicted molar refractivity (Wildman–Crippen MR) is 161 cm³/mol. The summed E-state index contributed by atoms with van der Waals surface area (Å²) in [5, 5.41) is 10.0. The number of esters is 1. The Balaban J connectivity index is 1.42. The van der Waals surface area contributed by atoms with Crippen LogP contribution < -0.4 is 15.8 Å². The maximum absolute atomic E-state index is 15.4. The van der Waals surface area contributed by atoms with Gasteiger partial charge in [-0.2, -0.15) is 5.10 Å². The Morgan fingerprint density at radius 3 is 2.65 bits per heavy atom. The van der Waals surface area contributed by atoms with Crippen molar-refractivity contribution in [1.29, 1.82) is 0 Å². The van der Waals surface area contributed by atoms with Crippen molar-refractivity contribution in [2.45, 2.75) is 60.1 Å². The number of halogens is 1. The Bertz CT molecular complexity index is 1830. The number of pyridine rings is 1. The van der Waals surface area contributed by atoms with Crippen molar-refractivity contribution < 1.29 is 18.7 Å². The summed E-state index contributed by atoms with van der Waals surface area (Å²) in [6.07, 6.45) is 3.71. The van der Waals surface area contributed by atoms with E-state index in [1.807, 2.05) is 6.92 Å². The van der Waals surface area contributed by atoms with Crippen LogP contribution in [0.15, 0.2) is 41.3 Å². The zero-order valence-corrected chi connectivity index (χ0v) is 25.0. The predicted octanol–water partition coefficient (Wildman–Crippen LogP) is 4.55. The lowest BCUT2D eigenvalue weighted by Gasteiger charge is -2.26. The quantitative estimate of drug-likeness (QED) is 0.321. The van der Waals surface area contributed by atoms with E-state index in [1.165, 1.54) is 34.9 Å².